The highest BCUT2D eigenvalue weighted by atomic mass is 16.5. The van der Waals surface area contributed by atoms with Gasteiger partial charge in [0.05, 0.1) is 52.4 Å². The Bertz CT molecular complexity index is 1910. The molecule has 2 N–H and O–H groups in total. The molecule has 0 saturated carbocycles. The van der Waals surface area contributed by atoms with Crippen molar-refractivity contribution in [3.8, 4) is 29.3 Å². The van der Waals surface area contributed by atoms with E-state index in [4.69, 9.17) is 9.47 Å². The zero-order valence-corrected chi connectivity index (χ0v) is 22.1. The number of aromatic nitrogens is 2. The molecule has 200 valence electrons. The van der Waals surface area contributed by atoms with E-state index in [0.29, 0.717) is 47.4 Å². The summed E-state index contributed by atoms with van der Waals surface area (Å²) in [6, 6.07) is 20.7. The van der Waals surface area contributed by atoms with Crippen LogP contribution in [0.5, 0.6) is 17.5 Å². The summed E-state index contributed by atoms with van der Waals surface area (Å²) in [4.78, 5) is 12.2. The van der Waals surface area contributed by atoms with E-state index in [1.807, 2.05) is 55.5 Å². The van der Waals surface area contributed by atoms with E-state index in [1.165, 1.54) is 11.5 Å². The summed E-state index contributed by atoms with van der Waals surface area (Å²) < 4.78 is 15.8. The Balaban J connectivity index is 1.28. The summed E-state index contributed by atoms with van der Waals surface area (Å²) in [7, 11) is 0. The molecule has 0 amide bonds. The number of nitrogens with zero attached hydrogens (tertiary/aromatic N) is 3. The van der Waals surface area contributed by atoms with Crippen molar-refractivity contribution in [3.63, 3.8) is 0 Å². The van der Waals surface area contributed by atoms with E-state index in [-0.39, 0.29) is 24.3 Å². The Labute approximate surface area is 230 Å². The van der Waals surface area contributed by atoms with Crippen molar-refractivity contribution in [3.05, 3.63) is 83.6 Å². The highest BCUT2D eigenvalue weighted by Crippen LogP contribution is 2.65. The number of hydrogen-bond donors (Lipinski definition) is 2. The third kappa shape index (κ3) is 3.18. The minimum Gasteiger partial charge on any atom is -0.494 e. The lowest BCUT2D eigenvalue weighted by atomic mass is 9.78. The standard InChI is InChI=1S/C32H27N3O5/c1-19(36)34-18-26(23-9-5-6-10-24(23)34)39-16-15-32-14-13-31(2,40-32)27-28(32)30(38)35(29(27)37)25-12-11-20(17-33)21-7-3-4-8-22(21)25/h3-12,18,37-38H,13-16H2,1-2H3/t31-,32-/m1/s1. The molecule has 0 radical (unpaired) electrons. The summed E-state index contributed by atoms with van der Waals surface area (Å²) in [6.45, 7) is 3.74. The SMILES string of the molecule is CC(=O)n1cc(OCC[C@@]23CC[C@@](C)(O2)c2c3c(O)n(-c3ccc(C#N)c4ccccc34)c2O)c2ccccc21. The lowest BCUT2D eigenvalue weighted by Gasteiger charge is -2.26. The van der Waals surface area contributed by atoms with Gasteiger partial charge in [-0.1, -0.05) is 36.4 Å². The Morgan fingerprint density at radius 2 is 1.70 bits per heavy atom. The van der Waals surface area contributed by atoms with Crippen LogP contribution in [0.1, 0.15) is 54.6 Å². The molecular formula is C32H27N3O5. The van der Waals surface area contributed by atoms with Crippen LogP contribution in [0.3, 0.4) is 0 Å². The fourth-order valence-corrected chi connectivity index (χ4v) is 6.76. The minimum absolute atomic E-state index is 0.0584. The van der Waals surface area contributed by atoms with E-state index in [0.717, 1.165) is 21.7 Å². The molecule has 4 heterocycles. The smallest absolute Gasteiger partial charge is 0.228 e. The monoisotopic (exact) mass is 533 g/mol. The van der Waals surface area contributed by atoms with Crippen molar-refractivity contribution in [2.24, 2.45) is 0 Å². The van der Waals surface area contributed by atoms with Crippen LogP contribution in [-0.4, -0.2) is 31.9 Å². The molecule has 0 unspecified atom stereocenters. The van der Waals surface area contributed by atoms with E-state index in [1.54, 1.807) is 22.9 Å². The molecule has 2 atom stereocenters. The van der Waals surface area contributed by atoms with Gasteiger partial charge in [0.2, 0.25) is 17.7 Å². The number of nitriles is 1. The first-order chi connectivity index (χ1) is 19.3. The first kappa shape index (κ1) is 24.3. The van der Waals surface area contributed by atoms with Gasteiger partial charge in [-0.25, -0.2) is 0 Å². The maximum absolute atomic E-state index is 12.2. The van der Waals surface area contributed by atoms with Gasteiger partial charge >= 0.3 is 0 Å². The molecule has 2 aliphatic heterocycles. The molecule has 2 bridgehead atoms. The third-order valence-corrected chi connectivity index (χ3v) is 8.57. The van der Waals surface area contributed by atoms with Crippen molar-refractivity contribution in [1.82, 2.24) is 9.13 Å². The molecule has 8 nitrogen and oxygen atoms in total. The number of aromatic hydroxyl groups is 2. The van der Waals surface area contributed by atoms with Crippen molar-refractivity contribution in [1.29, 1.82) is 5.26 Å². The van der Waals surface area contributed by atoms with Crippen LogP contribution in [0.2, 0.25) is 0 Å². The van der Waals surface area contributed by atoms with Gasteiger partial charge in [-0.2, -0.15) is 5.26 Å². The summed E-state index contributed by atoms with van der Waals surface area (Å²) >= 11 is 0. The number of hydrogen-bond acceptors (Lipinski definition) is 6. The van der Waals surface area contributed by atoms with Crippen LogP contribution >= 0.6 is 0 Å². The van der Waals surface area contributed by atoms with Gasteiger partial charge in [0.25, 0.3) is 0 Å². The molecule has 7 rings (SSSR count). The maximum Gasteiger partial charge on any atom is 0.228 e. The van der Waals surface area contributed by atoms with Gasteiger partial charge in [-0.15, -0.1) is 0 Å². The molecule has 5 aromatic rings. The predicted molar refractivity (Wildman–Crippen MR) is 149 cm³/mol. The molecule has 8 heteroatoms. The number of benzene rings is 3. The quantitative estimate of drug-likeness (QED) is 0.277. The second-order valence-electron chi connectivity index (χ2n) is 10.8. The van der Waals surface area contributed by atoms with Gasteiger partial charge in [0.1, 0.15) is 11.4 Å². The van der Waals surface area contributed by atoms with Crippen LogP contribution in [0.4, 0.5) is 0 Å². The summed E-state index contributed by atoms with van der Waals surface area (Å²) in [6.07, 6.45) is 3.51. The summed E-state index contributed by atoms with van der Waals surface area (Å²) in [5.74, 6) is 0.378. The lowest BCUT2D eigenvalue weighted by Crippen LogP contribution is -2.25. The van der Waals surface area contributed by atoms with Gasteiger partial charge in [-0.05, 0) is 44.0 Å². The van der Waals surface area contributed by atoms with Crippen molar-refractivity contribution >= 4 is 27.6 Å². The molecule has 3 aromatic carbocycles. The number of ether oxygens (including phenoxy) is 2. The number of para-hydroxylation sites is 1. The van der Waals surface area contributed by atoms with E-state index in [2.05, 4.69) is 6.07 Å². The lowest BCUT2D eigenvalue weighted by molar-refractivity contribution is -0.0875. The Morgan fingerprint density at radius 3 is 2.45 bits per heavy atom. The summed E-state index contributed by atoms with van der Waals surface area (Å²) in [5.41, 5.74) is 1.48. The molecule has 2 aliphatic rings. The minimum atomic E-state index is -0.835. The normalized spacial score (nSPS) is 21.1. The largest absolute Gasteiger partial charge is 0.494 e. The third-order valence-electron chi connectivity index (χ3n) is 8.57. The Morgan fingerprint density at radius 1 is 1.00 bits per heavy atom. The molecular weight excluding hydrogens is 506 g/mol. The first-order valence-corrected chi connectivity index (χ1v) is 13.3. The molecule has 0 spiro atoms. The Kier molecular flexibility index (Phi) is 5.09. The van der Waals surface area contributed by atoms with Gasteiger partial charge in [-0.3, -0.25) is 13.9 Å². The van der Waals surface area contributed by atoms with Gasteiger partial charge in [0.15, 0.2) is 0 Å². The predicted octanol–water partition coefficient (Wildman–Crippen LogP) is 6.23. The average Bonchev–Trinajstić information content (AvgIpc) is 3.65. The van der Waals surface area contributed by atoms with E-state index < -0.39 is 11.2 Å². The fraction of sp³-hybridized carbons (Fsp3) is 0.250. The second kappa shape index (κ2) is 8.38. The van der Waals surface area contributed by atoms with Crippen molar-refractivity contribution in [2.75, 3.05) is 6.61 Å². The Hall–Kier alpha value is -4.74. The van der Waals surface area contributed by atoms with Crippen molar-refractivity contribution in [2.45, 2.75) is 44.3 Å². The zero-order valence-electron chi connectivity index (χ0n) is 22.1. The second-order valence-corrected chi connectivity index (χ2v) is 10.8. The summed E-state index contributed by atoms with van der Waals surface area (Å²) in [5, 5.41) is 35.1. The van der Waals surface area contributed by atoms with Crippen LogP contribution < -0.4 is 4.74 Å². The zero-order chi connectivity index (χ0) is 27.8. The van der Waals surface area contributed by atoms with Crippen LogP contribution in [0.15, 0.2) is 66.9 Å². The number of rotatable bonds is 5. The molecule has 2 aromatic heterocycles. The van der Waals surface area contributed by atoms with Crippen LogP contribution in [-0.2, 0) is 15.9 Å². The average molecular weight is 534 g/mol. The van der Waals surface area contributed by atoms with Gasteiger partial charge < -0.3 is 19.7 Å². The highest BCUT2D eigenvalue weighted by Gasteiger charge is 2.61. The van der Waals surface area contributed by atoms with Crippen LogP contribution in [0.25, 0.3) is 27.4 Å². The van der Waals surface area contributed by atoms with Crippen LogP contribution in [0, 0.1) is 11.3 Å². The number of carbonyl (C=O) groups is 1. The molecule has 40 heavy (non-hydrogen) atoms. The number of carbonyl (C=O) groups excluding carboxylic acids is 1. The first-order valence-electron chi connectivity index (χ1n) is 13.3. The molecule has 1 fully saturated rings. The van der Waals surface area contributed by atoms with Crippen molar-refractivity contribution < 1.29 is 24.5 Å². The molecule has 1 saturated heterocycles. The van der Waals surface area contributed by atoms with E-state index in [9.17, 15) is 20.3 Å². The topological polar surface area (TPSA) is 110 Å². The van der Waals surface area contributed by atoms with Gasteiger partial charge in [0, 0.05) is 29.5 Å². The van der Waals surface area contributed by atoms with E-state index >= 15 is 0 Å². The molecule has 0 aliphatic carbocycles. The maximum atomic E-state index is 12.2. The number of fused-ring (bicyclic) bond motifs is 7. The fourth-order valence-electron chi connectivity index (χ4n) is 6.76. The highest BCUT2D eigenvalue weighted by molar-refractivity contribution is 5.96.